The van der Waals surface area contributed by atoms with Crippen LogP contribution in [-0.2, 0) is 0 Å². The smallest absolute Gasteiger partial charge is 0.264 e. The lowest BCUT2D eigenvalue weighted by Crippen LogP contribution is -2.24. The predicted octanol–water partition coefficient (Wildman–Crippen LogP) is 2.86. The number of thiocarbonyl (C=S) groups is 1. The van der Waals surface area contributed by atoms with Gasteiger partial charge in [0.05, 0.1) is 11.6 Å². The van der Waals surface area contributed by atoms with Crippen LogP contribution in [0.5, 0.6) is 5.75 Å². The average Bonchev–Trinajstić information content (AvgIpc) is 3.20. The molecule has 0 spiro atoms. The summed E-state index contributed by atoms with van der Waals surface area (Å²) in [5.74, 6) is 0.641. The predicted molar refractivity (Wildman–Crippen MR) is 90.7 cm³/mol. The highest BCUT2D eigenvalue weighted by molar-refractivity contribution is 7.80. The van der Waals surface area contributed by atoms with Gasteiger partial charge in [0.1, 0.15) is 5.75 Å². The highest BCUT2D eigenvalue weighted by Crippen LogP contribution is 2.12. The van der Waals surface area contributed by atoms with Gasteiger partial charge in [0.2, 0.25) is 0 Å². The van der Waals surface area contributed by atoms with Crippen LogP contribution >= 0.6 is 12.2 Å². The molecule has 0 saturated carbocycles. The number of hydrogen-bond donors (Lipinski definition) is 0. The number of fused-ring (bicyclic) bond motifs is 1. The maximum Gasteiger partial charge on any atom is 0.264 e. The molecular formula is C17H14N2O2S. The molecule has 0 fully saturated rings. The molecule has 0 aliphatic heterocycles. The largest absolute Gasteiger partial charge is 0.432 e. The van der Waals surface area contributed by atoms with Crippen LogP contribution in [0, 0.1) is 11.3 Å². The van der Waals surface area contributed by atoms with E-state index in [4.69, 9.17) is 22.2 Å². The molecule has 3 rings (SSSR count). The average molecular weight is 310 g/mol. The van der Waals surface area contributed by atoms with Crippen LogP contribution in [0.1, 0.15) is 5.56 Å². The van der Waals surface area contributed by atoms with E-state index in [0.717, 1.165) is 10.8 Å². The van der Waals surface area contributed by atoms with Gasteiger partial charge in [-0.3, -0.25) is 4.79 Å². The van der Waals surface area contributed by atoms with E-state index in [9.17, 15) is 4.79 Å². The van der Waals surface area contributed by atoms with Crippen molar-refractivity contribution in [1.82, 2.24) is 4.90 Å². The maximum absolute atomic E-state index is 10.5. The summed E-state index contributed by atoms with van der Waals surface area (Å²) in [6.07, 6.45) is 0. The molecule has 5 heteroatoms. The van der Waals surface area contributed by atoms with Crippen molar-refractivity contribution >= 4 is 28.2 Å². The SMILES string of the molecule is CN(C)C(=S)Oc1ccc(C#N)cc1.O=c1c2ccccc12. The first-order valence-corrected chi connectivity index (χ1v) is 6.97. The third kappa shape index (κ3) is 3.90. The first-order chi connectivity index (χ1) is 10.5. The number of nitriles is 1. The van der Waals surface area contributed by atoms with Crippen molar-refractivity contribution in [3.05, 3.63) is 64.3 Å². The zero-order chi connectivity index (χ0) is 16.1. The van der Waals surface area contributed by atoms with Crippen molar-refractivity contribution in [2.45, 2.75) is 0 Å². The van der Waals surface area contributed by atoms with E-state index in [2.05, 4.69) is 0 Å². The molecule has 0 radical (unpaired) electrons. The summed E-state index contributed by atoms with van der Waals surface area (Å²) in [6.45, 7) is 0. The Kier molecular flexibility index (Phi) is 4.87. The van der Waals surface area contributed by atoms with Crippen molar-refractivity contribution < 1.29 is 4.74 Å². The monoisotopic (exact) mass is 310 g/mol. The quantitative estimate of drug-likeness (QED) is 0.647. The van der Waals surface area contributed by atoms with Gasteiger partial charge in [0.25, 0.3) is 5.17 Å². The Morgan fingerprint density at radius 1 is 1.09 bits per heavy atom. The molecule has 0 aromatic heterocycles. The molecule has 0 bridgehead atoms. The number of benzene rings is 2. The Bertz CT molecular complexity index is 807. The highest BCUT2D eigenvalue weighted by atomic mass is 32.1. The fourth-order valence-electron chi connectivity index (χ4n) is 1.62. The van der Waals surface area contributed by atoms with E-state index in [1.807, 2.05) is 44.4 Å². The van der Waals surface area contributed by atoms with Crippen molar-refractivity contribution in [3.8, 4) is 11.8 Å². The second kappa shape index (κ2) is 6.83. The molecule has 0 N–H and O–H groups in total. The van der Waals surface area contributed by atoms with Gasteiger partial charge in [-0.2, -0.15) is 5.26 Å². The lowest BCUT2D eigenvalue weighted by molar-refractivity contribution is 0.449. The minimum atomic E-state index is 0.218. The second-order valence-electron chi connectivity index (χ2n) is 4.77. The van der Waals surface area contributed by atoms with Crippen LogP contribution in [0.4, 0.5) is 0 Å². The van der Waals surface area contributed by atoms with Gasteiger partial charge in [-0.05, 0) is 36.5 Å². The normalized spacial score (nSPS) is 9.68. The molecule has 0 aliphatic rings. The lowest BCUT2D eigenvalue weighted by atomic mass is 10.2. The fraction of sp³-hybridized carbons (Fsp3) is 0.118. The van der Waals surface area contributed by atoms with Crippen molar-refractivity contribution in [3.63, 3.8) is 0 Å². The van der Waals surface area contributed by atoms with Gasteiger partial charge in [-0.15, -0.1) is 0 Å². The first kappa shape index (κ1) is 15.7. The molecule has 0 aliphatic carbocycles. The van der Waals surface area contributed by atoms with Gasteiger partial charge < -0.3 is 9.64 Å². The number of hydrogen-bond acceptors (Lipinski definition) is 4. The Morgan fingerprint density at radius 3 is 2.05 bits per heavy atom. The maximum atomic E-state index is 10.5. The Morgan fingerprint density at radius 2 is 1.64 bits per heavy atom. The van der Waals surface area contributed by atoms with E-state index < -0.39 is 0 Å². The summed E-state index contributed by atoms with van der Waals surface area (Å²) >= 11 is 4.96. The third-order valence-corrected chi connectivity index (χ3v) is 3.36. The lowest BCUT2D eigenvalue weighted by Gasteiger charge is -2.13. The van der Waals surface area contributed by atoms with Crippen LogP contribution in [0.3, 0.4) is 0 Å². The molecule has 110 valence electrons. The van der Waals surface area contributed by atoms with Crippen LogP contribution in [-0.4, -0.2) is 24.2 Å². The number of rotatable bonds is 1. The molecule has 0 atom stereocenters. The highest BCUT2D eigenvalue weighted by Gasteiger charge is 2.07. The summed E-state index contributed by atoms with van der Waals surface area (Å²) in [4.78, 5) is 12.2. The fourth-order valence-corrected chi connectivity index (χ4v) is 1.72. The standard InChI is InChI=1S/C10H10N2OS.C7H4O/c1-12(2)10(14)13-9-5-3-8(7-11)4-6-9;8-7-5-3-1-2-4-6(5)7/h3-6H,1-2H3;1-4H. The molecule has 22 heavy (non-hydrogen) atoms. The topological polar surface area (TPSA) is 53.3 Å². The Hall–Kier alpha value is -2.71. The minimum Gasteiger partial charge on any atom is -0.432 e. The van der Waals surface area contributed by atoms with Gasteiger partial charge >= 0.3 is 0 Å². The molecule has 4 nitrogen and oxygen atoms in total. The minimum absolute atomic E-state index is 0.218. The van der Waals surface area contributed by atoms with Crippen LogP contribution in [0.15, 0.2) is 53.3 Å². The van der Waals surface area contributed by atoms with Gasteiger partial charge in [-0.25, -0.2) is 0 Å². The molecule has 0 unspecified atom stereocenters. The number of ether oxygens (including phenoxy) is 1. The van der Waals surface area contributed by atoms with Crippen molar-refractivity contribution in [1.29, 1.82) is 5.26 Å². The van der Waals surface area contributed by atoms with E-state index in [0.29, 0.717) is 16.5 Å². The summed E-state index contributed by atoms with van der Waals surface area (Å²) in [7, 11) is 3.62. The molecular weight excluding hydrogens is 296 g/mol. The molecule has 0 heterocycles. The zero-order valence-electron chi connectivity index (χ0n) is 12.2. The Balaban J connectivity index is 0.000000183. The second-order valence-corrected chi connectivity index (χ2v) is 5.12. The van der Waals surface area contributed by atoms with Gasteiger partial charge in [-0.1, -0.05) is 24.3 Å². The molecule has 3 aromatic carbocycles. The van der Waals surface area contributed by atoms with E-state index >= 15 is 0 Å². The zero-order valence-corrected chi connectivity index (χ0v) is 13.1. The summed E-state index contributed by atoms with van der Waals surface area (Å²) in [5.41, 5.74) is 0.822. The van der Waals surface area contributed by atoms with Crippen molar-refractivity contribution in [2.75, 3.05) is 14.1 Å². The van der Waals surface area contributed by atoms with Gasteiger partial charge in [0, 0.05) is 24.9 Å². The summed E-state index contributed by atoms with van der Waals surface area (Å²) < 4.78 is 5.32. The van der Waals surface area contributed by atoms with E-state index in [-0.39, 0.29) is 5.43 Å². The summed E-state index contributed by atoms with van der Waals surface area (Å²) in [5, 5.41) is 10.8. The van der Waals surface area contributed by atoms with Crippen LogP contribution in [0.25, 0.3) is 10.8 Å². The van der Waals surface area contributed by atoms with E-state index in [1.54, 1.807) is 29.2 Å². The van der Waals surface area contributed by atoms with Crippen LogP contribution < -0.4 is 10.2 Å². The first-order valence-electron chi connectivity index (χ1n) is 6.56. The van der Waals surface area contributed by atoms with Gasteiger partial charge in [0.15, 0.2) is 5.43 Å². The number of nitrogens with zero attached hydrogens (tertiary/aromatic N) is 2. The Labute approximate surface area is 133 Å². The molecule has 0 saturated heterocycles. The van der Waals surface area contributed by atoms with Crippen LogP contribution in [0.2, 0.25) is 0 Å². The third-order valence-electron chi connectivity index (χ3n) is 2.91. The molecule has 0 amide bonds. The molecule has 3 aromatic rings. The van der Waals surface area contributed by atoms with E-state index in [1.165, 1.54) is 0 Å². The van der Waals surface area contributed by atoms with Crippen molar-refractivity contribution in [2.24, 2.45) is 0 Å². The summed E-state index contributed by atoms with van der Waals surface area (Å²) in [6, 6.07) is 16.3.